The number of hydrogen-bond donors (Lipinski definition) is 1. The summed E-state index contributed by atoms with van der Waals surface area (Å²) in [6.45, 7) is 0.286. The van der Waals surface area contributed by atoms with Gasteiger partial charge in [0.25, 0.3) is 11.6 Å². The highest BCUT2D eigenvalue weighted by Crippen LogP contribution is 2.01. The third-order valence-electron chi connectivity index (χ3n) is 1.77. The van der Waals surface area contributed by atoms with Gasteiger partial charge in [0, 0.05) is 25.5 Å². The molecule has 0 aliphatic heterocycles. The van der Waals surface area contributed by atoms with Crippen LogP contribution in [-0.2, 0) is 13.7 Å². The van der Waals surface area contributed by atoms with Crippen LogP contribution in [0.15, 0.2) is 29.3 Å². The first kappa shape index (κ1) is 9.45. The topological polar surface area (TPSA) is 72.8 Å². The molecule has 0 spiro atoms. The summed E-state index contributed by atoms with van der Waals surface area (Å²) >= 11 is 0. The van der Waals surface area contributed by atoms with Gasteiger partial charge in [0.2, 0.25) is 0 Å². The summed E-state index contributed by atoms with van der Waals surface area (Å²) in [6.07, 6.45) is 3.21. The molecule has 0 atom stereocenters. The third-order valence-corrected chi connectivity index (χ3v) is 1.77. The summed E-state index contributed by atoms with van der Waals surface area (Å²) in [7, 11) is 1.83. The lowest BCUT2D eigenvalue weighted by molar-refractivity contribution is 0.274. The number of aromatic nitrogens is 4. The smallest absolute Gasteiger partial charge is 0.296 e. The number of nitrogens with one attached hydrogen (secondary N) is 1. The van der Waals surface area contributed by atoms with E-state index in [2.05, 4.69) is 15.1 Å². The second-order valence-corrected chi connectivity index (χ2v) is 3.01. The highest BCUT2D eigenvalue weighted by atomic mass is 16.5. The normalized spacial score (nSPS) is 10.2. The number of ether oxygens (including phenoxy) is 1. The standard InChI is InChI=1S/C9H10N4O2/c1-13-5-3-7(12-13)6-15-9-10-4-2-8(14)11-9/h2-5H,6H2,1H3,(H,10,11,14). The second-order valence-electron chi connectivity index (χ2n) is 3.01. The Kier molecular flexibility index (Phi) is 2.49. The zero-order valence-corrected chi connectivity index (χ0v) is 8.17. The van der Waals surface area contributed by atoms with Gasteiger partial charge in [-0.25, -0.2) is 4.98 Å². The number of aryl methyl sites for hydroxylation is 1. The van der Waals surface area contributed by atoms with Gasteiger partial charge in [-0.05, 0) is 6.07 Å². The van der Waals surface area contributed by atoms with Crippen molar-refractivity contribution in [2.75, 3.05) is 0 Å². The Morgan fingerprint density at radius 3 is 3.07 bits per heavy atom. The van der Waals surface area contributed by atoms with Gasteiger partial charge < -0.3 is 4.74 Å². The van der Waals surface area contributed by atoms with E-state index in [0.717, 1.165) is 5.69 Å². The molecule has 78 valence electrons. The van der Waals surface area contributed by atoms with Crippen LogP contribution in [0.25, 0.3) is 0 Å². The van der Waals surface area contributed by atoms with Crippen LogP contribution in [0.2, 0.25) is 0 Å². The van der Waals surface area contributed by atoms with Gasteiger partial charge in [-0.15, -0.1) is 0 Å². The Morgan fingerprint density at radius 2 is 2.40 bits per heavy atom. The maximum absolute atomic E-state index is 10.9. The van der Waals surface area contributed by atoms with Crippen molar-refractivity contribution in [3.63, 3.8) is 0 Å². The fraction of sp³-hybridized carbons (Fsp3) is 0.222. The molecule has 0 aliphatic rings. The molecule has 0 saturated carbocycles. The number of hydrogen-bond acceptors (Lipinski definition) is 4. The van der Waals surface area contributed by atoms with Crippen molar-refractivity contribution in [2.45, 2.75) is 6.61 Å². The summed E-state index contributed by atoms with van der Waals surface area (Å²) in [5.41, 5.74) is 0.546. The van der Waals surface area contributed by atoms with E-state index >= 15 is 0 Å². The van der Waals surface area contributed by atoms with E-state index < -0.39 is 0 Å². The summed E-state index contributed by atoms with van der Waals surface area (Å²) in [5.74, 6) is 0. The molecule has 0 aromatic carbocycles. The van der Waals surface area contributed by atoms with Crippen LogP contribution in [0, 0.1) is 0 Å². The fourth-order valence-electron chi connectivity index (χ4n) is 1.11. The van der Waals surface area contributed by atoms with Crippen molar-refractivity contribution in [1.29, 1.82) is 0 Å². The summed E-state index contributed by atoms with van der Waals surface area (Å²) < 4.78 is 6.92. The van der Waals surface area contributed by atoms with Crippen LogP contribution in [0.3, 0.4) is 0 Å². The minimum absolute atomic E-state index is 0.202. The first-order valence-electron chi connectivity index (χ1n) is 4.41. The molecule has 0 amide bonds. The molecule has 2 aromatic rings. The highest BCUT2D eigenvalue weighted by molar-refractivity contribution is 5.00. The minimum atomic E-state index is -0.235. The first-order valence-corrected chi connectivity index (χ1v) is 4.41. The molecular weight excluding hydrogens is 196 g/mol. The molecule has 0 fully saturated rings. The largest absolute Gasteiger partial charge is 0.458 e. The Bertz CT molecular complexity index is 503. The fourth-order valence-corrected chi connectivity index (χ4v) is 1.11. The Morgan fingerprint density at radius 1 is 1.53 bits per heavy atom. The lowest BCUT2D eigenvalue weighted by Gasteiger charge is -2.00. The number of rotatable bonds is 3. The quantitative estimate of drug-likeness (QED) is 0.772. The average molecular weight is 206 g/mol. The Labute approximate surface area is 85.5 Å². The van der Waals surface area contributed by atoms with Crippen molar-refractivity contribution in [3.8, 4) is 6.01 Å². The van der Waals surface area contributed by atoms with Crippen LogP contribution in [0.5, 0.6) is 6.01 Å². The SMILES string of the molecule is Cn1ccc(COc2nccc(=O)[nH]2)n1. The van der Waals surface area contributed by atoms with Crippen molar-refractivity contribution >= 4 is 0 Å². The summed E-state index contributed by atoms with van der Waals surface area (Å²) in [4.78, 5) is 17.2. The number of nitrogens with zero attached hydrogens (tertiary/aromatic N) is 3. The van der Waals surface area contributed by atoms with Gasteiger partial charge in [-0.3, -0.25) is 14.5 Å². The maximum atomic E-state index is 10.9. The zero-order valence-electron chi connectivity index (χ0n) is 8.17. The molecule has 6 nitrogen and oxygen atoms in total. The van der Waals surface area contributed by atoms with Gasteiger partial charge in [-0.1, -0.05) is 0 Å². The van der Waals surface area contributed by atoms with Gasteiger partial charge >= 0.3 is 0 Å². The van der Waals surface area contributed by atoms with Gasteiger partial charge in [-0.2, -0.15) is 5.10 Å². The lowest BCUT2D eigenvalue weighted by atomic mass is 10.5. The maximum Gasteiger partial charge on any atom is 0.296 e. The van der Waals surface area contributed by atoms with E-state index in [9.17, 15) is 4.79 Å². The molecule has 0 saturated heterocycles. The van der Waals surface area contributed by atoms with Gasteiger partial charge in [0.05, 0.1) is 5.69 Å². The highest BCUT2D eigenvalue weighted by Gasteiger charge is 1.99. The van der Waals surface area contributed by atoms with Gasteiger partial charge in [0.15, 0.2) is 0 Å². The average Bonchev–Trinajstić information content (AvgIpc) is 2.62. The molecule has 0 radical (unpaired) electrons. The van der Waals surface area contributed by atoms with Crippen LogP contribution >= 0.6 is 0 Å². The van der Waals surface area contributed by atoms with Gasteiger partial charge in [0.1, 0.15) is 6.61 Å². The summed E-state index contributed by atoms with van der Waals surface area (Å²) in [5, 5.41) is 4.12. The van der Waals surface area contributed by atoms with Crippen molar-refractivity contribution in [1.82, 2.24) is 19.7 Å². The van der Waals surface area contributed by atoms with E-state index in [1.54, 1.807) is 4.68 Å². The van der Waals surface area contributed by atoms with E-state index in [0.29, 0.717) is 0 Å². The minimum Gasteiger partial charge on any atom is -0.458 e. The predicted octanol–water partition coefficient (Wildman–Crippen LogP) is 0.0824. The third kappa shape index (κ3) is 2.43. The van der Waals surface area contributed by atoms with E-state index in [1.165, 1.54) is 12.3 Å². The van der Waals surface area contributed by atoms with E-state index in [4.69, 9.17) is 4.74 Å². The molecule has 0 unspecified atom stereocenters. The van der Waals surface area contributed by atoms with Crippen molar-refractivity contribution in [3.05, 3.63) is 40.6 Å². The number of aromatic amines is 1. The van der Waals surface area contributed by atoms with Crippen molar-refractivity contribution < 1.29 is 4.74 Å². The Balaban J connectivity index is 2.02. The van der Waals surface area contributed by atoms with Crippen LogP contribution in [-0.4, -0.2) is 19.7 Å². The van der Waals surface area contributed by atoms with E-state index in [-0.39, 0.29) is 18.2 Å². The molecule has 2 rings (SSSR count). The zero-order chi connectivity index (χ0) is 10.7. The summed E-state index contributed by atoms with van der Waals surface area (Å²) in [6, 6.07) is 3.36. The number of H-pyrrole nitrogens is 1. The second kappa shape index (κ2) is 3.95. The van der Waals surface area contributed by atoms with E-state index in [1.807, 2.05) is 19.3 Å². The van der Waals surface area contributed by atoms with Crippen LogP contribution < -0.4 is 10.3 Å². The molecule has 0 aliphatic carbocycles. The lowest BCUT2D eigenvalue weighted by Crippen LogP contribution is -2.08. The molecular formula is C9H10N4O2. The predicted molar refractivity (Wildman–Crippen MR) is 52.4 cm³/mol. The molecule has 0 bridgehead atoms. The molecule has 1 N–H and O–H groups in total. The first-order chi connectivity index (χ1) is 7.24. The Hall–Kier alpha value is -2.11. The van der Waals surface area contributed by atoms with Crippen molar-refractivity contribution in [2.24, 2.45) is 7.05 Å². The molecule has 2 aromatic heterocycles. The molecule has 6 heteroatoms. The van der Waals surface area contributed by atoms with Crippen LogP contribution in [0.1, 0.15) is 5.69 Å². The monoisotopic (exact) mass is 206 g/mol. The molecule has 2 heterocycles. The van der Waals surface area contributed by atoms with Crippen LogP contribution in [0.4, 0.5) is 0 Å². The molecule has 15 heavy (non-hydrogen) atoms.